The van der Waals surface area contributed by atoms with Crippen LogP contribution in [0.2, 0.25) is 0 Å². The van der Waals surface area contributed by atoms with Crippen molar-refractivity contribution in [1.82, 2.24) is 20.2 Å². The molecule has 1 atom stereocenters. The first kappa shape index (κ1) is 23.1. The maximum absolute atomic E-state index is 13.2. The van der Waals surface area contributed by atoms with E-state index in [4.69, 9.17) is 4.74 Å². The van der Waals surface area contributed by atoms with E-state index in [2.05, 4.69) is 30.2 Å². The number of nitrogens with one attached hydrogen (secondary N) is 3. The van der Waals surface area contributed by atoms with Crippen LogP contribution in [0.3, 0.4) is 0 Å². The largest absolute Gasteiger partial charge is 0.488 e. The highest BCUT2D eigenvalue weighted by molar-refractivity contribution is 7.86. The van der Waals surface area contributed by atoms with Gasteiger partial charge in [0.25, 0.3) is 0 Å². The van der Waals surface area contributed by atoms with E-state index in [1.54, 1.807) is 37.3 Å². The van der Waals surface area contributed by atoms with Gasteiger partial charge in [0.15, 0.2) is 12.1 Å². The van der Waals surface area contributed by atoms with Gasteiger partial charge in [0.2, 0.25) is 0 Å². The van der Waals surface area contributed by atoms with Gasteiger partial charge in [-0.1, -0.05) is 19.1 Å². The van der Waals surface area contributed by atoms with Gasteiger partial charge in [-0.3, -0.25) is 14.9 Å². The van der Waals surface area contributed by atoms with Crippen LogP contribution in [0, 0.1) is 5.82 Å². The number of aldehydes is 1. The van der Waals surface area contributed by atoms with E-state index in [0.717, 1.165) is 5.56 Å². The first-order valence-corrected chi connectivity index (χ1v) is 11.6. The van der Waals surface area contributed by atoms with Crippen LogP contribution >= 0.6 is 0 Å². The van der Waals surface area contributed by atoms with Gasteiger partial charge in [0.1, 0.15) is 35.0 Å². The highest BCUT2D eigenvalue weighted by Gasteiger charge is 2.19. The number of aromatic amines is 1. The number of rotatable bonds is 10. The zero-order chi connectivity index (χ0) is 23.9. The number of aromatic nitrogens is 4. The van der Waals surface area contributed by atoms with E-state index < -0.39 is 11.0 Å². The molecule has 1 unspecified atom stereocenters. The summed E-state index contributed by atoms with van der Waals surface area (Å²) in [7, 11) is -1.25. The quantitative estimate of drug-likeness (QED) is 0.290. The first-order chi connectivity index (χ1) is 16.6. The van der Waals surface area contributed by atoms with Crippen molar-refractivity contribution in [1.29, 1.82) is 0 Å². The second-order valence-corrected chi connectivity index (χ2v) is 8.53. The highest BCUT2D eigenvalue weighted by atomic mass is 32.2. The van der Waals surface area contributed by atoms with E-state index >= 15 is 0 Å². The van der Waals surface area contributed by atoms with Crippen molar-refractivity contribution < 1.29 is 18.1 Å². The van der Waals surface area contributed by atoms with Crippen molar-refractivity contribution >= 4 is 34.6 Å². The summed E-state index contributed by atoms with van der Waals surface area (Å²) in [6.45, 7) is 1.96. The minimum Gasteiger partial charge on any atom is -0.488 e. The van der Waals surface area contributed by atoms with Crippen molar-refractivity contribution in [3.8, 4) is 17.0 Å². The fourth-order valence-corrected chi connectivity index (χ4v) is 3.64. The van der Waals surface area contributed by atoms with Gasteiger partial charge in [-0.25, -0.2) is 13.6 Å². The molecule has 0 aliphatic heterocycles. The summed E-state index contributed by atoms with van der Waals surface area (Å²) in [5.41, 5.74) is 2.61. The average molecular weight is 481 g/mol. The van der Waals surface area contributed by atoms with Gasteiger partial charge in [-0.15, -0.1) is 0 Å². The van der Waals surface area contributed by atoms with E-state index in [0.29, 0.717) is 40.6 Å². The predicted molar refractivity (Wildman–Crippen MR) is 128 cm³/mol. The van der Waals surface area contributed by atoms with Crippen LogP contribution in [0.4, 0.5) is 21.7 Å². The molecule has 0 fully saturated rings. The minimum atomic E-state index is -1.25. The van der Waals surface area contributed by atoms with Crippen molar-refractivity contribution in [2.24, 2.45) is 0 Å². The minimum absolute atomic E-state index is 0.156. The monoisotopic (exact) mass is 480 g/mol. The Labute approximate surface area is 197 Å². The second-order valence-electron chi connectivity index (χ2n) is 7.06. The van der Waals surface area contributed by atoms with Crippen LogP contribution in [-0.4, -0.2) is 36.4 Å². The Bertz CT molecular complexity index is 1300. The maximum atomic E-state index is 13.2. The molecule has 2 heterocycles. The lowest BCUT2D eigenvalue weighted by atomic mass is 10.1. The molecule has 0 spiro atoms. The lowest BCUT2D eigenvalue weighted by molar-refractivity contribution is 0.112. The third-order valence-corrected chi connectivity index (χ3v) is 5.77. The summed E-state index contributed by atoms with van der Waals surface area (Å²) in [4.78, 5) is 20.1. The second kappa shape index (κ2) is 10.7. The molecule has 0 saturated carbocycles. The molecule has 2 aromatic carbocycles. The van der Waals surface area contributed by atoms with Crippen LogP contribution in [0.25, 0.3) is 11.3 Å². The normalized spacial score (nSPS) is 11.6. The number of benzene rings is 2. The molecule has 0 aliphatic carbocycles. The van der Waals surface area contributed by atoms with E-state index in [1.807, 2.05) is 0 Å². The molecule has 34 heavy (non-hydrogen) atoms. The number of ether oxygens (including phenoxy) is 1. The third-order valence-electron chi connectivity index (χ3n) is 4.78. The summed E-state index contributed by atoms with van der Waals surface area (Å²) in [5.74, 6) is 1.22. The molecule has 0 aliphatic rings. The van der Waals surface area contributed by atoms with Gasteiger partial charge in [-0.2, -0.15) is 5.10 Å². The number of nitrogens with zero attached hydrogens (tertiary/aromatic N) is 3. The van der Waals surface area contributed by atoms with Gasteiger partial charge >= 0.3 is 0 Å². The summed E-state index contributed by atoms with van der Waals surface area (Å²) in [6, 6.07) is 11.1. The maximum Gasteiger partial charge on any atom is 0.164 e. The van der Waals surface area contributed by atoms with Crippen molar-refractivity contribution in [2.45, 2.75) is 13.5 Å². The zero-order valence-electron chi connectivity index (χ0n) is 18.1. The Kier molecular flexibility index (Phi) is 7.23. The molecule has 0 radical (unpaired) electrons. The van der Waals surface area contributed by atoms with E-state index in [1.165, 1.54) is 30.7 Å². The lowest BCUT2D eigenvalue weighted by Crippen LogP contribution is -2.06. The molecule has 0 saturated heterocycles. The number of halogens is 1. The van der Waals surface area contributed by atoms with Gasteiger partial charge in [0.05, 0.1) is 17.5 Å². The van der Waals surface area contributed by atoms with Crippen LogP contribution in [0.15, 0.2) is 61.1 Å². The van der Waals surface area contributed by atoms with E-state index in [-0.39, 0.29) is 23.8 Å². The highest BCUT2D eigenvalue weighted by Crippen LogP contribution is 2.36. The standard InChI is InChI=1S/C23H21FN6O3S/c1-2-34(32)30-17-7-8-18(20(11-17)33-14-15-3-5-16(24)6-4-15)22-19(13-31)23(29-28-22)27-21-12-25-9-10-26-21/h3-13,30H,2,14H2,1H3,(H2,26,27,28,29). The van der Waals surface area contributed by atoms with Crippen LogP contribution < -0.4 is 14.8 Å². The zero-order valence-corrected chi connectivity index (χ0v) is 18.9. The lowest BCUT2D eigenvalue weighted by Gasteiger charge is -2.14. The molecule has 0 bridgehead atoms. The molecule has 11 heteroatoms. The summed E-state index contributed by atoms with van der Waals surface area (Å²) < 4.78 is 34.2. The number of carbonyl (C=O) groups excluding carboxylic acids is 1. The van der Waals surface area contributed by atoms with Crippen LogP contribution in [0.1, 0.15) is 22.8 Å². The number of hydrogen-bond acceptors (Lipinski definition) is 7. The van der Waals surface area contributed by atoms with Crippen LogP contribution in [-0.2, 0) is 17.6 Å². The smallest absolute Gasteiger partial charge is 0.164 e. The van der Waals surface area contributed by atoms with Crippen molar-refractivity contribution in [3.63, 3.8) is 0 Å². The van der Waals surface area contributed by atoms with Crippen molar-refractivity contribution in [2.75, 3.05) is 15.8 Å². The molecule has 4 aromatic rings. The summed E-state index contributed by atoms with van der Waals surface area (Å²) in [5, 5.41) is 10.1. The molecular weight excluding hydrogens is 459 g/mol. The fourth-order valence-electron chi connectivity index (χ4n) is 3.11. The Morgan fingerprint density at radius 1 is 1.18 bits per heavy atom. The molecule has 9 nitrogen and oxygen atoms in total. The van der Waals surface area contributed by atoms with Crippen molar-refractivity contribution in [3.05, 3.63) is 78.0 Å². The molecular formula is C23H21FN6O3S. The predicted octanol–water partition coefficient (Wildman–Crippen LogP) is 4.24. The van der Waals surface area contributed by atoms with Gasteiger partial charge in [0, 0.05) is 35.5 Å². The molecule has 2 aromatic heterocycles. The van der Waals surface area contributed by atoms with E-state index in [9.17, 15) is 13.4 Å². The number of hydrogen-bond donors (Lipinski definition) is 3. The third kappa shape index (κ3) is 5.44. The molecule has 3 N–H and O–H groups in total. The summed E-state index contributed by atoms with van der Waals surface area (Å²) in [6.07, 6.45) is 5.24. The number of anilines is 3. The first-order valence-electron chi connectivity index (χ1n) is 10.3. The Balaban J connectivity index is 1.68. The molecule has 0 amide bonds. The van der Waals surface area contributed by atoms with Gasteiger partial charge in [-0.05, 0) is 29.8 Å². The average Bonchev–Trinajstić information content (AvgIpc) is 3.26. The summed E-state index contributed by atoms with van der Waals surface area (Å²) >= 11 is 0. The molecule has 4 rings (SSSR count). The fraction of sp³-hybridized carbons (Fsp3) is 0.130. The number of H-pyrrole nitrogens is 1. The van der Waals surface area contributed by atoms with Gasteiger partial charge < -0.3 is 14.8 Å². The Hall–Kier alpha value is -4.12. The molecule has 174 valence electrons. The SMILES string of the molecule is CCS(=O)Nc1ccc(-c2[nH]nc(Nc3cnccn3)c2C=O)c(OCc2ccc(F)cc2)c1. The topological polar surface area (TPSA) is 122 Å². The number of carbonyl (C=O) groups is 1. The Morgan fingerprint density at radius 3 is 2.71 bits per heavy atom. The Morgan fingerprint density at radius 2 is 2.00 bits per heavy atom. The van der Waals surface area contributed by atoms with Crippen LogP contribution in [0.5, 0.6) is 5.75 Å².